The third-order valence-corrected chi connectivity index (χ3v) is 5.84. The average Bonchev–Trinajstić information content (AvgIpc) is 3.23. The smallest absolute Gasteiger partial charge is 0.322 e. The number of amides is 2. The maximum Gasteiger partial charge on any atom is 0.322 e. The number of imide groups is 1. The van der Waals surface area contributed by atoms with E-state index in [-0.39, 0.29) is 25.7 Å². The van der Waals surface area contributed by atoms with E-state index in [4.69, 9.17) is 14.2 Å². The van der Waals surface area contributed by atoms with Gasteiger partial charge in [-0.25, -0.2) is 0 Å². The van der Waals surface area contributed by atoms with Gasteiger partial charge in [-0.2, -0.15) is 0 Å². The molecule has 0 aromatic rings. The number of carbonyl (C=O) groups is 4. The molecule has 2 amide bonds. The predicted octanol–water partition coefficient (Wildman–Crippen LogP) is 1.73. The second-order valence-corrected chi connectivity index (χ2v) is 12.4. The Morgan fingerprint density at radius 3 is 2.28 bits per heavy atom. The van der Waals surface area contributed by atoms with Crippen molar-refractivity contribution in [3.05, 3.63) is 12.2 Å². The van der Waals surface area contributed by atoms with Crippen LogP contribution in [0.4, 0.5) is 0 Å². The molecule has 0 aliphatic carbocycles. The SMILES string of the molecule is CC(C)(Br)C(=O)OCCN1C(=O)C2C3C=CC(COC(=O)C(C)(C)Br)(O3)C2C1=O. The number of halogens is 2. The molecule has 2 fully saturated rings. The van der Waals surface area contributed by atoms with Crippen molar-refractivity contribution in [2.24, 2.45) is 11.8 Å². The van der Waals surface area contributed by atoms with Crippen LogP contribution in [0.15, 0.2) is 12.2 Å². The molecule has 10 heteroatoms. The van der Waals surface area contributed by atoms with Crippen LogP contribution in [0, 0.1) is 11.8 Å². The summed E-state index contributed by atoms with van der Waals surface area (Å²) in [6.07, 6.45) is 2.90. The number of likely N-dealkylation sites (tertiary alicyclic amines) is 1. The van der Waals surface area contributed by atoms with Crippen molar-refractivity contribution in [1.29, 1.82) is 0 Å². The number of esters is 2. The van der Waals surface area contributed by atoms with Gasteiger partial charge < -0.3 is 14.2 Å². The summed E-state index contributed by atoms with van der Waals surface area (Å²) >= 11 is 6.44. The van der Waals surface area contributed by atoms with Crippen molar-refractivity contribution >= 4 is 55.6 Å². The Kier molecular flexibility index (Phi) is 5.77. The Labute approximate surface area is 185 Å². The number of fused-ring (bicyclic) bond motifs is 5. The van der Waals surface area contributed by atoms with Gasteiger partial charge >= 0.3 is 11.9 Å². The summed E-state index contributed by atoms with van der Waals surface area (Å²) < 4.78 is 14.7. The maximum atomic E-state index is 13.0. The summed E-state index contributed by atoms with van der Waals surface area (Å²) in [5.74, 6) is -3.17. The molecular weight excluding hydrogens is 514 g/mol. The second kappa shape index (κ2) is 7.46. The number of hydrogen-bond donors (Lipinski definition) is 0. The number of ether oxygens (including phenoxy) is 3. The first-order valence-corrected chi connectivity index (χ1v) is 10.8. The van der Waals surface area contributed by atoms with Gasteiger partial charge in [0.25, 0.3) is 0 Å². The van der Waals surface area contributed by atoms with Gasteiger partial charge in [0.2, 0.25) is 11.8 Å². The summed E-state index contributed by atoms with van der Waals surface area (Å²) in [6, 6.07) is 0. The number of hydrogen-bond acceptors (Lipinski definition) is 7. The summed E-state index contributed by atoms with van der Waals surface area (Å²) in [5, 5.41) is 0. The highest BCUT2D eigenvalue weighted by molar-refractivity contribution is 9.10. The lowest BCUT2D eigenvalue weighted by Gasteiger charge is -2.29. The first-order chi connectivity index (χ1) is 13.3. The van der Waals surface area contributed by atoms with Crippen LogP contribution in [0.25, 0.3) is 0 Å². The zero-order valence-corrected chi connectivity index (χ0v) is 19.7. The molecule has 4 unspecified atom stereocenters. The normalized spacial score (nSPS) is 30.7. The fourth-order valence-corrected chi connectivity index (χ4v) is 3.93. The largest absolute Gasteiger partial charge is 0.463 e. The van der Waals surface area contributed by atoms with Crippen LogP contribution in [0.1, 0.15) is 27.7 Å². The van der Waals surface area contributed by atoms with Crippen LogP contribution in [0.2, 0.25) is 0 Å². The molecule has 2 bridgehead atoms. The zero-order chi connectivity index (χ0) is 21.8. The molecule has 4 atom stereocenters. The van der Waals surface area contributed by atoms with Gasteiger partial charge in [0, 0.05) is 0 Å². The van der Waals surface area contributed by atoms with Crippen LogP contribution in [0.5, 0.6) is 0 Å². The third-order valence-electron chi connectivity index (χ3n) is 5.19. The topological polar surface area (TPSA) is 99.2 Å². The van der Waals surface area contributed by atoms with Gasteiger partial charge in [0.05, 0.1) is 24.5 Å². The lowest BCUT2D eigenvalue weighted by molar-refractivity contribution is -0.158. The van der Waals surface area contributed by atoms with E-state index < -0.39 is 50.0 Å². The number of carbonyl (C=O) groups excluding carboxylic acids is 4. The number of rotatable bonds is 7. The van der Waals surface area contributed by atoms with Gasteiger partial charge in [-0.1, -0.05) is 37.9 Å². The minimum Gasteiger partial charge on any atom is -0.463 e. The van der Waals surface area contributed by atoms with E-state index in [1.165, 1.54) is 0 Å². The van der Waals surface area contributed by atoms with Crippen molar-refractivity contribution in [3.8, 4) is 0 Å². The predicted molar refractivity (Wildman–Crippen MR) is 108 cm³/mol. The van der Waals surface area contributed by atoms with Crippen molar-refractivity contribution in [2.75, 3.05) is 19.8 Å². The Morgan fingerprint density at radius 2 is 1.69 bits per heavy atom. The molecule has 29 heavy (non-hydrogen) atoms. The van der Waals surface area contributed by atoms with Gasteiger partial charge in [-0.05, 0) is 33.8 Å². The van der Waals surface area contributed by atoms with Crippen LogP contribution >= 0.6 is 31.9 Å². The van der Waals surface area contributed by atoms with E-state index in [0.29, 0.717) is 0 Å². The van der Waals surface area contributed by atoms with E-state index in [2.05, 4.69) is 31.9 Å². The van der Waals surface area contributed by atoms with Crippen molar-refractivity contribution in [3.63, 3.8) is 0 Å². The molecule has 3 rings (SSSR count). The van der Waals surface area contributed by atoms with E-state index in [9.17, 15) is 19.2 Å². The monoisotopic (exact) mass is 535 g/mol. The van der Waals surface area contributed by atoms with Crippen LogP contribution in [-0.2, 0) is 33.4 Å². The highest BCUT2D eigenvalue weighted by atomic mass is 79.9. The van der Waals surface area contributed by atoms with E-state index in [1.54, 1.807) is 39.8 Å². The van der Waals surface area contributed by atoms with Gasteiger partial charge in [0.1, 0.15) is 27.5 Å². The molecular formula is C19H23Br2NO7. The van der Waals surface area contributed by atoms with Crippen molar-refractivity contribution in [2.45, 2.75) is 48.0 Å². The molecule has 0 spiro atoms. The van der Waals surface area contributed by atoms with Crippen LogP contribution in [0.3, 0.4) is 0 Å². The van der Waals surface area contributed by atoms with E-state index in [1.807, 2.05) is 0 Å². The third kappa shape index (κ3) is 4.03. The molecule has 0 N–H and O–H groups in total. The summed E-state index contributed by atoms with van der Waals surface area (Å²) in [4.78, 5) is 50.9. The lowest BCUT2D eigenvalue weighted by Crippen LogP contribution is -2.46. The number of nitrogens with zero attached hydrogens (tertiary/aromatic N) is 1. The van der Waals surface area contributed by atoms with Crippen molar-refractivity contribution in [1.82, 2.24) is 4.90 Å². The van der Waals surface area contributed by atoms with Crippen LogP contribution in [-0.4, -0.2) is 68.8 Å². The molecule has 2 saturated heterocycles. The molecule has 3 aliphatic heterocycles. The highest BCUT2D eigenvalue weighted by Crippen LogP contribution is 2.52. The van der Waals surface area contributed by atoms with Gasteiger partial charge in [0.15, 0.2) is 0 Å². The van der Waals surface area contributed by atoms with Crippen LogP contribution < -0.4 is 0 Å². The quantitative estimate of drug-likeness (QED) is 0.211. The Hall–Kier alpha value is -1.26. The molecule has 0 aromatic heterocycles. The molecule has 0 saturated carbocycles. The highest BCUT2D eigenvalue weighted by Gasteiger charge is 2.68. The Bertz CT molecular complexity index is 782. The fourth-order valence-electron chi connectivity index (χ4n) is 3.70. The maximum absolute atomic E-state index is 13.0. The van der Waals surface area contributed by atoms with Crippen molar-refractivity contribution < 1.29 is 33.4 Å². The zero-order valence-electron chi connectivity index (χ0n) is 16.6. The molecule has 3 aliphatic rings. The molecule has 3 heterocycles. The van der Waals surface area contributed by atoms with E-state index >= 15 is 0 Å². The van der Waals surface area contributed by atoms with Gasteiger partial charge in [-0.15, -0.1) is 0 Å². The first-order valence-electron chi connectivity index (χ1n) is 9.22. The lowest BCUT2D eigenvalue weighted by atomic mass is 9.77. The molecule has 0 aromatic carbocycles. The fraction of sp³-hybridized carbons (Fsp3) is 0.684. The Balaban J connectivity index is 1.68. The average molecular weight is 537 g/mol. The molecule has 0 radical (unpaired) electrons. The van der Waals surface area contributed by atoms with E-state index in [0.717, 1.165) is 4.90 Å². The summed E-state index contributed by atoms with van der Waals surface area (Å²) in [6.45, 7) is 6.31. The minimum atomic E-state index is -1.15. The summed E-state index contributed by atoms with van der Waals surface area (Å²) in [7, 11) is 0. The standard InChI is InChI=1S/C19H23Br2NO7/c1-17(2,20)15(25)27-8-7-22-13(23)11-10-5-6-19(29-10,12(11)14(22)24)9-28-16(26)18(3,4)21/h5-6,10-12H,7-9H2,1-4H3. The molecule has 8 nitrogen and oxygen atoms in total. The number of alkyl halides is 2. The molecule has 160 valence electrons. The Morgan fingerprint density at radius 1 is 1.10 bits per heavy atom. The summed E-state index contributed by atoms with van der Waals surface area (Å²) in [5.41, 5.74) is -1.15. The minimum absolute atomic E-state index is 0.0312. The first kappa shape index (κ1) is 22.4. The second-order valence-electron chi connectivity index (χ2n) is 8.39. The van der Waals surface area contributed by atoms with Gasteiger partial charge in [-0.3, -0.25) is 24.1 Å².